The Kier molecular flexibility index (Phi) is 12.4. The minimum atomic E-state index is -3.27. The number of alkyl carbamates (subject to hydrolysis) is 2. The van der Waals surface area contributed by atoms with Gasteiger partial charge in [-0.25, -0.2) is 19.6 Å². The number of benzene rings is 3. The van der Waals surface area contributed by atoms with E-state index >= 15 is 8.78 Å². The quantitative estimate of drug-likeness (QED) is 0.107. The fourth-order valence-electron chi connectivity index (χ4n) is 10.1. The molecule has 3 aromatic carbocycles. The topological polar surface area (TPSA) is 184 Å². The van der Waals surface area contributed by atoms with E-state index in [4.69, 9.17) is 14.2 Å². The second-order valence-corrected chi connectivity index (χ2v) is 18.9. The minimum absolute atomic E-state index is 0.0711. The molecular weight excluding hydrogens is 863 g/mol. The molecule has 3 saturated heterocycles. The Morgan fingerprint density at radius 3 is 1.76 bits per heavy atom. The Bertz CT molecular complexity index is 2670. The number of nitrogens with one attached hydrogen (secondary N) is 4. The fourth-order valence-corrected chi connectivity index (χ4v) is 10.1. The van der Waals surface area contributed by atoms with E-state index in [-0.39, 0.29) is 40.9 Å². The number of likely N-dealkylation sites (tertiary alicyclic amines) is 2. The number of ether oxygens (including phenoxy) is 3. The average molecular weight is 919 g/mol. The van der Waals surface area contributed by atoms with Crippen LogP contribution in [0.1, 0.15) is 94.2 Å². The highest BCUT2D eigenvalue weighted by molar-refractivity contribution is 5.88. The third-order valence-corrected chi connectivity index (χ3v) is 13.8. The van der Waals surface area contributed by atoms with Crippen LogP contribution in [0.5, 0.6) is 0 Å². The number of nitrogens with zero attached hydrogens (tertiary/aromatic N) is 4. The van der Waals surface area contributed by atoms with Gasteiger partial charge < -0.3 is 44.6 Å². The highest BCUT2D eigenvalue weighted by atomic mass is 19.3. The number of carbonyl (C=O) groups excluding carboxylic acids is 4. The number of aromatic amines is 2. The summed E-state index contributed by atoms with van der Waals surface area (Å²) in [6.07, 6.45) is 6.22. The molecule has 0 radical (unpaired) electrons. The van der Waals surface area contributed by atoms with Gasteiger partial charge in [0.25, 0.3) is 5.92 Å². The van der Waals surface area contributed by atoms with Gasteiger partial charge in [-0.15, -0.1) is 0 Å². The van der Waals surface area contributed by atoms with Gasteiger partial charge in [-0.3, -0.25) is 9.59 Å². The Hall–Kier alpha value is -6.62. The van der Waals surface area contributed by atoms with Gasteiger partial charge in [0.05, 0.1) is 50.1 Å². The van der Waals surface area contributed by atoms with Gasteiger partial charge >= 0.3 is 12.2 Å². The van der Waals surface area contributed by atoms with Crippen LogP contribution in [0.2, 0.25) is 0 Å². The summed E-state index contributed by atoms with van der Waals surface area (Å²) in [5.74, 6) is -2.56. The first-order valence-electron chi connectivity index (χ1n) is 22.9. The number of carbonyl (C=O) groups is 4. The van der Waals surface area contributed by atoms with E-state index in [0.717, 1.165) is 36.1 Å². The third-order valence-electron chi connectivity index (χ3n) is 13.8. The normalized spacial score (nSPS) is 19.9. The number of fused-ring (bicyclic) bond motifs is 3. The van der Waals surface area contributed by atoms with Gasteiger partial charge in [0.2, 0.25) is 11.8 Å². The van der Waals surface area contributed by atoms with Crippen LogP contribution in [0, 0.1) is 11.3 Å². The van der Waals surface area contributed by atoms with Gasteiger partial charge in [0.15, 0.2) is 0 Å². The molecule has 4 atom stereocenters. The van der Waals surface area contributed by atoms with Crippen LogP contribution in [0.15, 0.2) is 73.1 Å². The van der Waals surface area contributed by atoms with E-state index in [1.54, 1.807) is 46.5 Å². The van der Waals surface area contributed by atoms with Crippen molar-refractivity contribution < 1.29 is 42.2 Å². The fraction of sp³-hybridized carbons (Fsp3) is 0.440. The SMILES string of the molecule is COC(=O)N[C@H](C(=O)N1CCC[C@H]1c1ncc(-c2ccc(-c3ccc4c(c3)C(F)(F)c3cc(-c5cnc([C@@H]6CCCN6C(=O)[C@@H](NC(=O)OC)C(C)(C)C)[nH]5)ccc3-4)cc2)[nH]1)C1CCOCC1. The van der Waals surface area contributed by atoms with Gasteiger partial charge in [-0.05, 0) is 89.8 Å². The minimum Gasteiger partial charge on any atom is -0.453 e. The van der Waals surface area contributed by atoms with E-state index in [1.165, 1.54) is 20.3 Å². The van der Waals surface area contributed by atoms with Crippen LogP contribution in [-0.4, -0.2) is 106 Å². The van der Waals surface area contributed by atoms with Crippen LogP contribution >= 0.6 is 0 Å². The largest absolute Gasteiger partial charge is 0.453 e. The summed E-state index contributed by atoms with van der Waals surface area (Å²) in [5.41, 5.74) is 4.27. The molecule has 352 valence electrons. The second kappa shape index (κ2) is 18.2. The van der Waals surface area contributed by atoms with Crippen molar-refractivity contribution in [2.45, 2.75) is 89.4 Å². The lowest BCUT2D eigenvalue weighted by atomic mass is 9.85. The molecule has 9 rings (SSSR count). The molecule has 15 nitrogen and oxygen atoms in total. The van der Waals surface area contributed by atoms with Crippen molar-refractivity contribution in [2.75, 3.05) is 40.5 Å². The number of amides is 4. The first-order valence-corrected chi connectivity index (χ1v) is 22.9. The summed E-state index contributed by atoms with van der Waals surface area (Å²) in [7, 11) is 2.54. The lowest BCUT2D eigenvalue weighted by Gasteiger charge is -2.35. The molecule has 5 aromatic rings. The molecule has 2 aromatic heterocycles. The molecule has 0 spiro atoms. The first kappa shape index (κ1) is 45.5. The van der Waals surface area contributed by atoms with E-state index < -0.39 is 35.6 Å². The van der Waals surface area contributed by atoms with Crippen LogP contribution in [0.25, 0.3) is 44.8 Å². The van der Waals surface area contributed by atoms with Crippen LogP contribution < -0.4 is 10.6 Å². The van der Waals surface area contributed by atoms with E-state index in [0.29, 0.717) is 85.2 Å². The molecule has 1 aliphatic carbocycles. The van der Waals surface area contributed by atoms with Gasteiger partial charge in [-0.1, -0.05) is 69.3 Å². The number of aromatic nitrogens is 4. The predicted molar refractivity (Wildman–Crippen MR) is 245 cm³/mol. The van der Waals surface area contributed by atoms with Gasteiger partial charge in [0, 0.05) is 43.0 Å². The second-order valence-electron chi connectivity index (χ2n) is 18.9. The van der Waals surface area contributed by atoms with Crippen molar-refractivity contribution in [3.63, 3.8) is 0 Å². The number of rotatable bonds is 10. The number of hydrogen-bond donors (Lipinski definition) is 4. The first-order chi connectivity index (χ1) is 32.2. The Morgan fingerprint density at radius 1 is 0.701 bits per heavy atom. The van der Waals surface area contributed by atoms with Crippen molar-refractivity contribution >= 4 is 24.0 Å². The lowest BCUT2D eigenvalue weighted by molar-refractivity contribution is -0.137. The molecule has 17 heteroatoms. The summed E-state index contributed by atoms with van der Waals surface area (Å²) in [4.78, 5) is 71.9. The molecule has 0 unspecified atom stereocenters. The number of H-pyrrole nitrogens is 2. The Labute approximate surface area is 387 Å². The van der Waals surface area contributed by atoms with E-state index in [2.05, 4.69) is 30.6 Å². The summed E-state index contributed by atoms with van der Waals surface area (Å²) >= 11 is 0. The zero-order valence-corrected chi connectivity index (χ0v) is 38.3. The zero-order valence-electron chi connectivity index (χ0n) is 38.3. The Balaban J connectivity index is 0.893. The molecule has 3 fully saturated rings. The standard InChI is InChI=1S/C50H56F2N8O7/c1-49(2,3)42(58-48(64)66-5)46(62)60-21-7-9-40(60)44-54-27-38(56-44)32-15-17-34-33-16-14-31(24-35(33)50(51,52)36(34)25-32)28-10-12-29(13-11-28)37-26-53-43(55-37)39-8-6-20-59(39)45(61)41(57-47(63)65-4)30-18-22-67-23-19-30/h10-17,24-27,30,39-42H,6-9,18-23H2,1-5H3,(H,53,55)(H,54,56)(H,57,63)(H,58,64)/t39-,40-,41-,42+/m0/s1. The van der Waals surface area contributed by atoms with Crippen molar-refractivity contribution in [1.82, 2.24) is 40.4 Å². The van der Waals surface area contributed by atoms with Crippen molar-refractivity contribution in [3.8, 4) is 44.8 Å². The summed E-state index contributed by atoms with van der Waals surface area (Å²) < 4.78 is 48.2. The molecule has 5 heterocycles. The maximum atomic E-state index is 16.5. The maximum Gasteiger partial charge on any atom is 0.407 e. The maximum absolute atomic E-state index is 16.5. The molecule has 4 aliphatic rings. The number of hydrogen-bond acceptors (Lipinski definition) is 9. The van der Waals surface area contributed by atoms with Crippen molar-refractivity contribution in [1.29, 1.82) is 0 Å². The Morgan fingerprint density at radius 2 is 1.19 bits per heavy atom. The van der Waals surface area contributed by atoms with Crippen LogP contribution in [0.4, 0.5) is 18.4 Å². The van der Waals surface area contributed by atoms with E-state index in [1.807, 2.05) is 51.1 Å². The molecule has 4 N–H and O–H groups in total. The van der Waals surface area contributed by atoms with Gasteiger partial charge in [-0.2, -0.15) is 8.78 Å². The molecule has 4 amide bonds. The van der Waals surface area contributed by atoms with Crippen molar-refractivity contribution in [2.24, 2.45) is 11.3 Å². The molecule has 67 heavy (non-hydrogen) atoms. The monoisotopic (exact) mass is 918 g/mol. The highest BCUT2D eigenvalue weighted by Gasteiger charge is 2.46. The van der Waals surface area contributed by atoms with E-state index in [9.17, 15) is 19.2 Å². The van der Waals surface area contributed by atoms with Crippen molar-refractivity contribution in [3.05, 3.63) is 95.8 Å². The molecule has 3 aliphatic heterocycles. The van der Waals surface area contributed by atoms with Crippen LogP contribution in [-0.2, 0) is 29.7 Å². The number of methoxy groups -OCH3 is 2. The van der Waals surface area contributed by atoms with Crippen LogP contribution in [0.3, 0.4) is 0 Å². The predicted octanol–water partition coefficient (Wildman–Crippen LogP) is 8.50. The highest BCUT2D eigenvalue weighted by Crippen LogP contribution is 2.53. The third kappa shape index (κ3) is 8.76. The molecule has 0 saturated carbocycles. The summed E-state index contributed by atoms with van der Waals surface area (Å²) in [6, 6.07) is 15.6. The zero-order chi connectivity index (χ0) is 47.2. The smallest absolute Gasteiger partial charge is 0.407 e. The average Bonchev–Trinajstić information content (AvgIpc) is 4.20. The molecule has 0 bridgehead atoms. The lowest BCUT2D eigenvalue weighted by Crippen LogP contribution is -2.54. The molecular formula is C50H56F2N8O7. The van der Waals surface area contributed by atoms with Gasteiger partial charge in [0.1, 0.15) is 23.7 Å². The summed E-state index contributed by atoms with van der Waals surface area (Å²) in [5, 5.41) is 5.48. The number of halogens is 2. The number of imidazole rings is 2. The summed E-state index contributed by atoms with van der Waals surface area (Å²) in [6.45, 7) is 7.69. The number of alkyl halides is 2.